The van der Waals surface area contributed by atoms with Gasteiger partial charge in [0.1, 0.15) is 6.04 Å². The second kappa shape index (κ2) is 8.05. The minimum Gasteiger partial charge on any atom is -0.375 e. The van der Waals surface area contributed by atoms with Crippen LogP contribution in [0.4, 0.5) is 0 Å². The van der Waals surface area contributed by atoms with E-state index in [1.54, 1.807) is 0 Å². The summed E-state index contributed by atoms with van der Waals surface area (Å²) in [4.78, 5) is 23.1. The standard InChI is InChI=1S/C12H23N3O3/c1-3-5-13-10(16)4-6-15-12(17)11-9(2)18-8-7-14-11/h9,11,14H,3-8H2,1-2H3,(H,13,16)(H,15,17)/t9-,11+/m1/s1. The van der Waals surface area contributed by atoms with Crippen LogP contribution in [0.5, 0.6) is 0 Å². The Bertz CT molecular complexity index is 284. The molecule has 6 nitrogen and oxygen atoms in total. The zero-order chi connectivity index (χ0) is 13.4. The first kappa shape index (κ1) is 14.9. The molecule has 6 heteroatoms. The molecule has 0 saturated carbocycles. The van der Waals surface area contributed by atoms with Crippen molar-refractivity contribution in [3.05, 3.63) is 0 Å². The minimum absolute atomic E-state index is 0.0296. The van der Waals surface area contributed by atoms with Crippen LogP contribution in [-0.2, 0) is 14.3 Å². The molecule has 0 aromatic carbocycles. The molecule has 0 aromatic heterocycles. The number of hydrogen-bond acceptors (Lipinski definition) is 4. The molecular weight excluding hydrogens is 234 g/mol. The van der Waals surface area contributed by atoms with E-state index in [4.69, 9.17) is 4.74 Å². The molecule has 0 bridgehead atoms. The molecule has 104 valence electrons. The lowest BCUT2D eigenvalue weighted by Crippen LogP contribution is -2.55. The van der Waals surface area contributed by atoms with Crippen LogP contribution in [0.1, 0.15) is 26.7 Å². The van der Waals surface area contributed by atoms with Gasteiger partial charge in [-0.3, -0.25) is 9.59 Å². The molecule has 2 amide bonds. The number of rotatable bonds is 6. The number of hydrogen-bond donors (Lipinski definition) is 3. The highest BCUT2D eigenvalue weighted by molar-refractivity contribution is 5.83. The van der Waals surface area contributed by atoms with Gasteiger partial charge in [0.05, 0.1) is 12.7 Å². The lowest BCUT2D eigenvalue weighted by molar-refractivity contribution is -0.129. The molecule has 0 unspecified atom stereocenters. The molecule has 3 N–H and O–H groups in total. The monoisotopic (exact) mass is 257 g/mol. The van der Waals surface area contributed by atoms with Crippen LogP contribution in [-0.4, -0.2) is 50.2 Å². The van der Waals surface area contributed by atoms with E-state index < -0.39 is 0 Å². The summed E-state index contributed by atoms with van der Waals surface area (Å²) in [6.45, 7) is 6.22. The molecule has 1 saturated heterocycles. The highest BCUT2D eigenvalue weighted by Gasteiger charge is 2.27. The van der Waals surface area contributed by atoms with Gasteiger partial charge < -0.3 is 20.7 Å². The average Bonchev–Trinajstić information content (AvgIpc) is 2.36. The van der Waals surface area contributed by atoms with Crippen molar-refractivity contribution in [2.75, 3.05) is 26.2 Å². The van der Waals surface area contributed by atoms with E-state index >= 15 is 0 Å². The van der Waals surface area contributed by atoms with E-state index in [1.165, 1.54) is 0 Å². The van der Waals surface area contributed by atoms with Crippen molar-refractivity contribution >= 4 is 11.8 Å². The zero-order valence-electron chi connectivity index (χ0n) is 11.1. The Balaban J connectivity index is 2.18. The SMILES string of the molecule is CCCNC(=O)CCNC(=O)[C@H]1NCCO[C@@H]1C. The van der Waals surface area contributed by atoms with Crippen LogP contribution in [0.2, 0.25) is 0 Å². The van der Waals surface area contributed by atoms with Gasteiger partial charge in [-0.05, 0) is 13.3 Å². The second-order valence-corrected chi connectivity index (χ2v) is 4.40. The summed E-state index contributed by atoms with van der Waals surface area (Å²) in [5.41, 5.74) is 0. The molecule has 0 spiro atoms. The first-order valence-electron chi connectivity index (χ1n) is 6.54. The molecule has 0 radical (unpaired) electrons. The molecular formula is C12H23N3O3. The summed E-state index contributed by atoms with van der Waals surface area (Å²) in [6, 6.07) is -0.322. The topological polar surface area (TPSA) is 79.5 Å². The maximum atomic E-state index is 11.8. The van der Waals surface area contributed by atoms with Crippen LogP contribution < -0.4 is 16.0 Å². The molecule has 18 heavy (non-hydrogen) atoms. The van der Waals surface area contributed by atoms with Crippen LogP contribution >= 0.6 is 0 Å². The van der Waals surface area contributed by atoms with Gasteiger partial charge in [-0.1, -0.05) is 6.92 Å². The van der Waals surface area contributed by atoms with Crippen molar-refractivity contribution in [1.82, 2.24) is 16.0 Å². The molecule has 0 aromatic rings. The maximum Gasteiger partial charge on any atom is 0.239 e. The number of carbonyl (C=O) groups is 2. The molecule has 1 rings (SSSR count). The molecule has 1 heterocycles. The van der Waals surface area contributed by atoms with Crippen LogP contribution in [0.15, 0.2) is 0 Å². The van der Waals surface area contributed by atoms with E-state index in [0.717, 1.165) is 6.42 Å². The third kappa shape index (κ3) is 5.01. The number of amides is 2. The van der Waals surface area contributed by atoms with Gasteiger partial charge in [0.15, 0.2) is 0 Å². The van der Waals surface area contributed by atoms with E-state index in [-0.39, 0.29) is 24.0 Å². The van der Waals surface area contributed by atoms with Gasteiger partial charge in [-0.2, -0.15) is 0 Å². The second-order valence-electron chi connectivity index (χ2n) is 4.40. The summed E-state index contributed by atoms with van der Waals surface area (Å²) in [6.07, 6.45) is 1.10. The Kier molecular flexibility index (Phi) is 6.67. The predicted molar refractivity (Wildman–Crippen MR) is 68.1 cm³/mol. The van der Waals surface area contributed by atoms with Crippen LogP contribution in [0, 0.1) is 0 Å². The number of nitrogens with one attached hydrogen (secondary N) is 3. The summed E-state index contributed by atoms with van der Waals surface area (Å²) in [5, 5.41) is 8.62. The Hall–Kier alpha value is -1.14. The Morgan fingerprint density at radius 2 is 2.11 bits per heavy atom. The molecule has 0 aliphatic carbocycles. The van der Waals surface area contributed by atoms with E-state index in [9.17, 15) is 9.59 Å². The largest absolute Gasteiger partial charge is 0.375 e. The number of carbonyl (C=O) groups excluding carboxylic acids is 2. The number of ether oxygens (including phenoxy) is 1. The maximum absolute atomic E-state index is 11.8. The quantitative estimate of drug-likeness (QED) is 0.593. The van der Waals surface area contributed by atoms with Crippen molar-refractivity contribution in [1.29, 1.82) is 0 Å². The van der Waals surface area contributed by atoms with Gasteiger partial charge in [-0.15, -0.1) is 0 Å². The third-order valence-corrected chi connectivity index (χ3v) is 2.82. The smallest absolute Gasteiger partial charge is 0.239 e. The summed E-state index contributed by atoms with van der Waals surface area (Å²) >= 11 is 0. The lowest BCUT2D eigenvalue weighted by Gasteiger charge is -2.29. The fraction of sp³-hybridized carbons (Fsp3) is 0.833. The molecule has 1 aliphatic rings. The Labute approximate surface area is 108 Å². The Morgan fingerprint density at radius 1 is 1.33 bits per heavy atom. The zero-order valence-corrected chi connectivity index (χ0v) is 11.1. The normalized spacial score (nSPS) is 23.4. The fourth-order valence-electron chi connectivity index (χ4n) is 1.79. The van der Waals surface area contributed by atoms with Crippen LogP contribution in [0.25, 0.3) is 0 Å². The first-order valence-corrected chi connectivity index (χ1v) is 6.54. The minimum atomic E-state index is -0.322. The van der Waals surface area contributed by atoms with Crippen molar-refractivity contribution in [3.8, 4) is 0 Å². The average molecular weight is 257 g/mol. The molecule has 1 fully saturated rings. The lowest BCUT2D eigenvalue weighted by atomic mass is 10.1. The summed E-state index contributed by atoms with van der Waals surface area (Å²) < 4.78 is 5.39. The molecule has 1 aliphatic heterocycles. The van der Waals surface area contributed by atoms with Crippen molar-refractivity contribution in [2.45, 2.75) is 38.8 Å². The van der Waals surface area contributed by atoms with Gasteiger partial charge in [-0.25, -0.2) is 0 Å². The predicted octanol–water partition coefficient (Wildman–Crippen LogP) is -0.604. The van der Waals surface area contributed by atoms with Crippen LogP contribution in [0.3, 0.4) is 0 Å². The molecule has 2 atom stereocenters. The summed E-state index contributed by atoms with van der Waals surface area (Å²) in [5.74, 6) is -0.136. The first-order chi connectivity index (χ1) is 8.65. The van der Waals surface area contributed by atoms with E-state index in [1.807, 2.05) is 13.8 Å². The van der Waals surface area contributed by atoms with Gasteiger partial charge in [0.25, 0.3) is 0 Å². The van der Waals surface area contributed by atoms with E-state index in [2.05, 4.69) is 16.0 Å². The summed E-state index contributed by atoms with van der Waals surface area (Å²) in [7, 11) is 0. The Morgan fingerprint density at radius 3 is 2.78 bits per heavy atom. The fourth-order valence-corrected chi connectivity index (χ4v) is 1.79. The van der Waals surface area contributed by atoms with Gasteiger partial charge in [0.2, 0.25) is 11.8 Å². The van der Waals surface area contributed by atoms with E-state index in [0.29, 0.717) is 32.7 Å². The van der Waals surface area contributed by atoms with Crippen molar-refractivity contribution in [3.63, 3.8) is 0 Å². The third-order valence-electron chi connectivity index (χ3n) is 2.82. The number of morpholine rings is 1. The van der Waals surface area contributed by atoms with Crippen molar-refractivity contribution in [2.24, 2.45) is 0 Å². The van der Waals surface area contributed by atoms with Gasteiger partial charge >= 0.3 is 0 Å². The van der Waals surface area contributed by atoms with Crippen molar-refractivity contribution < 1.29 is 14.3 Å². The van der Waals surface area contributed by atoms with Gasteiger partial charge in [0, 0.05) is 26.1 Å². The highest BCUT2D eigenvalue weighted by Crippen LogP contribution is 2.03. The highest BCUT2D eigenvalue weighted by atomic mass is 16.5.